The van der Waals surface area contributed by atoms with Crippen LogP contribution in [-0.4, -0.2) is 24.3 Å². The lowest BCUT2D eigenvalue weighted by molar-refractivity contribution is 0.355. The van der Waals surface area contributed by atoms with E-state index in [2.05, 4.69) is 9.98 Å². The molecule has 0 radical (unpaired) electrons. The summed E-state index contributed by atoms with van der Waals surface area (Å²) in [6.45, 7) is 4.01. The minimum absolute atomic E-state index is 0.249. The number of nitrogens with two attached hydrogens (primary N) is 2. The highest BCUT2D eigenvalue weighted by molar-refractivity contribution is 5.82. The summed E-state index contributed by atoms with van der Waals surface area (Å²) >= 11 is 0. The Kier molecular flexibility index (Phi) is 2.06. The van der Waals surface area contributed by atoms with Crippen LogP contribution in [0.2, 0.25) is 0 Å². The molecule has 1 heterocycles. The zero-order chi connectivity index (χ0) is 8.48. The van der Waals surface area contributed by atoms with Gasteiger partial charge in [0.05, 0.1) is 5.54 Å². The van der Waals surface area contributed by atoms with Gasteiger partial charge in [-0.25, -0.2) is 4.99 Å². The van der Waals surface area contributed by atoms with Crippen molar-refractivity contribution in [2.24, 2.45) is 27.4 Å². The molecule has 0 aromatic carbocycles. The van der Waals surface area contributed by atoms with E-state index in [0.717, 1.165) is 0 Å². The molecular weight excluding hydrogens is 140 g/mol. The molecule has 4 heteroatoms. The third kappa shape index (κ3) is 1.32. The lowest BCUT2D eigenvalue weighted by Gasteiger charge is -2.34. The largest absolute Gasteiger partial charge is 0.318 e. The second-order valence-electron chi connectivity index (χ2n) is 3.14. The second kappa shape index (κ2) is 2.71. The zero-order valence-electron chi connectivity index (χ0n) is 6.86. The zero-order valence-corrected chi connectivity index (χ0v) is 6.86. The van der Waals surface area contributed by atoms with Gasteiger partial charge >= 0.3 is 0 Å². The molecule has 0 fully saturated rings. The molecule has 2 unspecified atom stereocenters. The van der Waals surface area contributed by atoms with Gasteiger partial charge in [-0.15, -0.1) is 0 Å². The van der Waals surface area contributed by atoms with Crippen LogP contribution >= 0.6 is 0 Å². The summed E-state index contributed by atoms with van der Waals surface area (Å²) in [4.78, 5) is 7.81. The fourth-order valence-corrected chi connectivity index (χ4v) is 0.969. The molecule has 62 valence electrons. The van der Waals surface area contributed by atoms with E-state index in [1.54, 1.807) is 6.21 Å². The number of aliphatic imine (C=N–C) groups is 2. The first kappa shape index (κ1) is 8.36. The van der Waals surface area contributed by atoms with Crippen LogP contribution in [0.1, 0.15) is 13.8 Å². The molecule has 0 amide bonds. The van der Waals surface area contributed by atoms with E-state index < -0.39 is 5.54 Å². The predicted molar refractivity (Wildman–Crippen MR) is 46.7 cm³/mol. The number of rotatable bonds is 1. The summed E-state index contributed by atoms with van der Waals surface area (Å²) in [5.74, 6) is 0.249. The van der Waals surface area contributed by atoms with Crippen molar-refractivity contribution < 1.29 is 0 Å². The maximum absolute atomic E-state index is 5.96. The molecule has 0 aliphatic carbocycles. The highest BCUT2D eigenvalue weighted by Gasteiger charge is 2.35. The summed E-state index contributed by atoms with van der Waals surface area (Å²) in [6.07, 6.45) is 2.76. The van der Waals surface area contributed by atoms with Gasteiger partial charge in [-0.2, -0.15) is 0 Å². The van der Waals surface area contributed by atoms with E-state index in [0.29, 0.717) is 0 Å². The first-order valence-electron chi connectivity index (χ1n) is 3.68. The maximum atomic E-state index is 5.96. The lowest BCUT2D eigenvalue weighted by Crippen LogP contribution is -2.60. The summed E-state index contributed by atoms with van der Waals surface area (Å²) in [5, 5.41) is 0. The van der Waals surface area contributed by atoms with E-state index in [1.165, 1.54) is 6.34 Å². The van der Waals surface area contributed by atoms with Crippen LogP contribution in [0.15, 0.2) is 9.98 Å². The average molecular weight is 154 g/mol. The SMILES string of the molecule is CC(C)C1(N)C=NC=NC1N. The van der Waals surface area contributed by atoms with E-state index in [4.69, 9.17) is 11.5 Å². The van der Waals surface area contributed by atoms with Crippen molar-refractivity contribution in [2.75, 3.05) is 0 Å². The van der Waals surface area contributed by atoms with Gasteiger partial charge < -0.3 is 11.5 Å². The van der Waals surface area contributed by atoms with Gasteiger partial charge in [-0.3, -0.25) is 4.99 Å². The minimum atomic E-state index is -0.575. The monoisotopic (exact) mass is 154 g/mol. The van der Waals surface area contributed by atoms with Crippen LogP contribution in [-0.2, 0) is 0 Å². The average Bonchev–Trinajstić information content (AvgIpc) is 1.95. The second-order valence-corrected chi connectivity index (χ2v) is 3.14. The molecule has 0 saturated heterocycles. The van der Waals surface area contributed by atoms with Gasteiger partial charge in [-0.05, 0) is 5.92 Å². The Bertz CT molecular complexity index is 197. The fourth-order valence-electron chi connectivity index (χ4n) is 0.969. The van der Waals surface area contributed by atoms with Crippen molar-refractivity contribution in [1.29, 1.82) is 0 Å². The van der Waals surface area contributed by atoms with Crippen molar-refractivity contribution in [2.45, 2.75) is 25.6 Å². The highest BCUT2D eigenvalue weighted by atomic mass is 15.1. The Balaban J connectivity index is 2.85. The van der Waals surface area contributed by atoms with Gasteiger partial charge in [0.25, 0.3) is 0 Å². The third-order valence-corrected chi connectivity index (χ3v) is 2.10. The fraction of sp³-hybridized carbons (Fsp3) is 0.714. The normalized spacial score (nSPS) is 36.6. The number of hydrogen-bond acceptors (Lipinski definition) is 4. The van der Waals surface area contributed by atoms with E-state index in [1.807, 2.05) is 13.8 Å². The Labute approximate surface area is 66.4 Å². The van der Waals surface area contributed by atoms with Crippen LogP contribution in [0, 0.1) is 5.92 Å². The number of hydrogen-bond donors (Lipinski definition) is 2. The quantitative estimate of drug-likeness (QED) is 0.545. The molecule has 4 N–H and O–H groups in total. The van der Waals surface area contributed by atoms with E-state index >= 15 is 0 Å². The van der Waals surface area contributed by atoms with Crippen molar-refractivity contribution in [3.8, 4) is 0 Å². The molecular formula is C7H14N4. The Morgan fingerprint density at radius 3 is 2.55 bits per heavy atom. The summed E-state index contributed by atoms with van der Waals surface area (Å²) in [5.41, 5.74) is 11.1. The molecule has 0 aromatic heterocycles. The Morgan fingerprint density at radius 2 is 2.18 bits per heavy atom. The Morgan fingerprint density at radius 1 is 1.55 bits per heavy atom. The lowest BCUT2D eigenvalue weighted by atomic mass is 9.85. The molecule has 4 nitrogen and oxygen atoms in total. The van der Waals surface area contributed by atoms with Gasteiger partial charge in [0, 0.05) is 6.21 Å². The van der Waals surface area contributed by atoms with Crippen molar-refractivity contribution >= 4 is 12.6 Å². The maximum Gasteiger partial charge on any atom is 0.122 e. The number of nitrogens with zero attached hydrogens (tertiary/aromatic N) is 2. The first-order valence-corrected chi connectivity index (χ1v) is 3.68. The molecule has 0 spiro atoms. The minimum Gasteiger partial charge on any atom is -0.318 e. The van der Waals surface area contributed by atoms with Gasteiger partial charge in [0.2, 0.25) is 0 Å². The van der Waals surface area contributed by atoms with E-state index in [9.17, 15) is 0 Å². The summed E-state index contributed by atoms with van der Waals surface area (Å²) < 4.78 is 0. The summed E-state index contributed by atoms with van der Waals surface area (Å²) in [7, 11) is 0. The molecule has 0 saturated carbocycles. The molecule has 0 aromatic rings. The third-order valence-electron chi connectivity index (χ3n) is 2.10. The first-order chi connectivity index (χ1) is 5.07. The van der Waals surface area contributed by atoms with Crippen molar-refractivity contribution in [3.63, 3.8) is 0 Å². The highest BCUT2D eigenvalue weighted by Crippen LogP contribution is 2.17. The van der Waals surface area contributed by atoms with Gasteiger partial charge in [-0.1, -0.05) is 13.8 Å². The van der Waals surface area contributed by atoms with Crippen LogP contribution in [0.3, 0.4) is 0 Å². The predicted octanol–water partition coefficient (Wildman–Crippen LogP) is -0.263. The van der Waals surface area contributed by atoms with Crippen molar-refractivity contribution in [3.05, 3.63) is 0 Å². The molecule has 1 rings (SSSR count). The standard InChI is InChI=1S/C7H14N4/c1-5(2)7(9)3-10-4-11-6(7)8/h3-6H,8-9H2,1-2H3. The van der Waals surface area contributed by atoms with E-state index in [-0.39, 0.29) is 12.1 Å². The molecule has 1 aliphatic heterocycles. The molecule has 11 heavy (non-hydrogen) atoms. The summed E-state index contributed by atoms with van der Waals surface area (Å²) in [6, 6.07) is 0. The van der Waals surface area contributed by atoms with Crippen LogP contribution in [0.5, 0.6) is 0 Å². The van der Waals surface area contributed by atoms with Crippen molar-refractivity contribution in [1.82, 2.24) is 0 Å². The molecule has 2 atom stereocenters. The van der Waals surface area contributed by atoms with Gasteiger partial charge in [0.15, 0.2) is 0 Å². The molecule has 1 aliphatic rings. The topological polar surface area (TPSA) is 76.8 Å². The van der Waals surface area contributed by atoms with Gasteiger partial charge in [0.1, 0.15) is 12.5 Å². The molecule has 0 bridgehead atoms. The smallest absolute Gasteiger partial charge is 0.122 e. The van der Waals surface area contributed by atoms with Crippen LogP contribution in [0.4, 0.5) is 0 Å². The van der Waals surface area contributed by atoms with Crippen LogP contribution in [0.25, 0.3) is 0 Å². The van der Waals surface area contributed by atoms with Crippen LogP contribution < -0.4 is 11.5 Å². The Hall–Kier alpha value is -0.740.